The molecule has 1 aromatic heterocycles. The first-order chi connectivity index (χ1) is 9.60. The van der Waals surface area contributed by atoms with Gasteiger partial charge in [0.15, 0.2) is 11.6 Å². The van der Waals surface area contributed by atoms with Gasteiger partial charge in [0.1, 0.15) is 0 Å². The van der Waals surface area contributed by atoms with Crippen molar-refractivity contribution in [3.8, 4) is 5.88 Å². The number of hydrogen-bond acceptors (Lipinski definition) is 3. The molecule has 2 aromatic rings. The molecule has 0 aliphatic rings. The second-order valence-corrected chi connectivity index (χ2v) is 4.59. The van der Waals surface area contributed by atoms with Crippen LogP contribution in [0.2, 0.25) is 0 Å². The molecular weight excluding hydrogens is 262 g/mol. The molecule has 0 spiro atoms. The third-order valence-electron chi connectivity index (χ3n) is 3.02. The second-order valence-electron chi connectivity index (χ2n) is 4.59. The van der Waals surface area contributed by atoms with Crippen molar-refractivity contribution < 1.29 is 13.5 Å². The van der Waals surface area contributed by atoms with Gasteiger partial charge >= 0.3 is 0 Å². The van der Waals surface area contributed by atoms with Crippen molar-refractivity contribution in [1.82, 2.24) is 4.98 Å². The van der Waals surface area contributed by atoms with Gasteiger partial charge in [0, 0.05) is 18.3 Å². The van der Waals surface area contributed by atoms with Crippen molar-refractivity contribution in [2.45, 2.75) is 18.9 Å². The van der Waals surface area contributed by atoms with Gasteiger partial charge in [0.05, 0.1) is 7.11 Å². The summed E-state index contributed by atoms with van der Waals surface area (Å²) >= 11 is 0. The minimum absolute atomic E-state index is 0.273. The van der Waals surface area contributed by atoms with E-state index in [0.717, 1.165) is 11.6 Å². The van der Waals surface area contributed by atoms with Crippen molar-refractivity contribution in [1.29, 1.82) is 0 Å². The number of pyridine rings is 1. The molecule has 2 N–H and O–H groups in total. The fraction of sp³-hybridized carbons (Fsp3) is 0.267. The zero-order chi connectivity index (χ0) is 14.5. The van der Waals surface area contributed by atoms with Crippen LogP contribution in [0, 0.1) is 11.6 Å². The number of methoxy groups -OCH3 is 1. The first kappa shape index (κ1) is 14.4. The lowest BCUT2D eigenvalue weighted by molar-refractivity contribution is 0.397. The monoisotopic (exact) mass is 278 g/mol. The standard InChI is InChI=1S/C15H16F2N2O/c1-20-14-6-5-10(9-19-14)7-12(18)8-11-3-2-4-13(16)15(11)17/h2-6,9,12H,7-8,18H2,1H3. The number of ether oxygens (including phenoxy) is 1. The summed E-state index contributed by atoms with van der Waals surface area (Å²) < 4.78 is 31.6. The number of aromatic nitrogens is 1. The number of nitrogens with zero attached hydrogens (tertiary/aromatic N) is 1. The Morgan fingerprint density at radius 2 is 2.00 bits per heavy atom. The highest BCUT2D eigenvalue weighted by molar-refractivity contribution is 5.22. The largest absolute Gasteiger partial charge is 0.481 e. The summed E-state index contributed by atoms with van der Waals surface area (Å²) in [5.74, 6) is -1.14. The van der Waals surface area contributed by atoms with Crippen LogP contribution in [0.15, 0.2) is 36.5 Å². The highest BCUT2D eigenvalue weighted by atomic mass is 19.2. The molecule has 0 amide bonds. The van der Waals surface area contributed by atoms with Crippen molar-refractivity contribution in [2.24, 2.45) is 5.73 Å². The van der Waals surface area contributed by atoms with Crippen molar-refractivity contribution in [3.63, 3.8) is 0 Å². The molecule has 20 heavy (non-hydrogen) atoms. The van der Waals surface area contributed by atoms with E-state index < -0.39 is 11.6 Å². The highest BCUT2D eigenvalue weighted by Crippen LogP contribution is 2.15. The van der Waals surface area contributed by atoms with E-state index >= 15 is 0 Å². The maximum absolute atomic E-state index is 13.5. The van der Waals surface area contributed by atoms with Gasteiger partial charge in [-0.05, 0) is 30.0 Å². The first-order valence-electron chi connectivity index (χ1n) is 6.27. The summed E-state index contributed by atoms with van der Waals surface area (Å²) in [5.41, 5.74) is 7.20. The maximum atomic E-state index is 13.5. The predicted molar refractivity (Wildman–Crippen MR) is 72.5 cm³/mol. The molecular formula is C15H16F2N2O. The Bertz CT molecular complexity index is 573. The Morgan fingerprint density at radius 1 is 1.20 bits per heavy atom. The molecule has 1 heterocycles. The summed E-state index contributed by atoms with van der Waals surface area (Å²) in [7, 11) is 1.54. The fourth-order valence-corrected chi connectivity index (χ4v) is 2.02. The number of nitrogens with two attached hydrogens (primary N) is 1. The van der Waals surface area contributed by atoms with E-state index in [0.29, 0.717) is 17.9 Å². The summed E-state index contributed by atoms with van der Waals surface area (Å²) in [4.78, 5) is 4.08. The average Bonchev–Trinajstić information content (AvgIpc) is 2.45. The Morgan fingerprint density at radius 3 is 2.65 bits per heavy atom. The first-order valence-corrected chi connectivity index (χ1v) is 6.27. The molecule has 0 saturated heterocycles. The minimum atomic E-state index is -0.846. The normalized spacial score (nSPS) is 12.2. The molecule has 0 saturated carbocycles. The van der Waals surface area contributed by atoms with Crippen molar-refractivity contribution in [2.75, 3.05) is 7.11 Å². The van der Waals surface area contributed by atoms with Crippen LogP contribution in [0.5, 0.6) is 5.88 Å². The molecule has 1 aromatic carbocycles. The van der Waals surface area contributed by atoms with Crippen molar-refractivity contribution in [3.05, 3.63) is 59.3 Å². The fourth-order valence-electron chi connectivity index (χ4n) is 2.02. The quantitative estimate of drug-likeness (QED) is 0.914. The van der Waals surface area contributed by atoms with Crippen molar-refractivity contribution >= 4 is 0 Å². The van der Waals surface area contributed by atoms with Gasteiger partial charge in [0.25, 0.3) is 0 Å². The van der Waals surface area contributed by atoms with Gasteiger partial charge < -0.3 is 10.5 Å². The van der Waals surface area contributed by atoms with Crippen LogP contribution in [-0.4, -0.2) is 18.1 Å². The summed E-state index contributed by atoms with van der Waals surface area (Å²) in [6.45, 7) is 0. The Labute approximate surface area is 116 Å². The van der Waals surface area contributed by atoms with E-state index in [1.165, 1.54) is 6.07 Å². The van der Waals surface area contributed by atoms with Crippen LogP contribution in [0.3, 0.4) is 0 Å². The third kappa shape index (κ3) is 3.51. The molecule has 0 bridgehead atoms. The lowest BCUT2D eigenvalue weighted by Gasteiger charge is -2.12. The molecule has 1 atom stereocenters. The molecule has 0 aliphatic heterocycles. The van der Waals surface area contributed by atoms with Crippen LogP contribution < -0.4 is 10.5 Å². The summed E-state index contributed by atoms with van der Waals surface area (Å²) in [6.07, 6.45) is 2.48. The molecule has 0 fully saturated rings. The number of benzene rings is 1. The van der Waals surface area contributed by atoms with Gasteiger partial charge in [-0.15, -0.1) is 0 Å². The van der Waals surface area contributed by atoms with E-state index in [4.69, 9.17) is 10.5 Å². The summed E-state index contributed by atoms with van der Waals surface area (Å²) in [6, 6.07) is 7.41. The highest BCUT2D eigenvalue weighted by Gasteiger charge is 2.12. The maximum Gasteiger partial charge on any atom is 0.212 e. The summed E-state index contributed by atoms with van der Waals surface area (Å²) in [5, 5.41) is 0. The van der Waals surface area contributed by atoms with E-state index in [2.05, 4.69) is 4.98 Å². The predicted octanol–water partition coefficient (Wildman–Crippen LogP) is 2.48. The SMILES string of the molecule is COc1ccc(CC(N)Cc2cccc(F)c2F)cn1. The van der Waals surface area contributed by atoms with E-state index in [-0.39, 0.29) is 12.5 Å². The minimum Gasteiger partial charge on any atom is -0.481 e. The lowest BCUT2D eigenvalue weighted by atomic mass is 10.0. The van der Waals surface area contributed by atoms with Gasteiger partial charge in [0.2, 0.25) is 5.88 Å². The van der Waals surface area contributed by atoms with Crippen LogP contribution >= 0.6 is 0 Å². The third-order valence-corrected chi connectivity index (χ3v) is 3.02. The van der Waals surface area contributed by atoms with E-state index in [1.54, 1.807) is 25.4 Å². The molecule has 106 valence electrons. The molecule has 3 nitrogen and oxygen atoms in total. The van der Waals surface area contributed by atoms with Gasteiger partial charge in [-0.3, -0.25) is 0 Å². The number of hydrogen-bond donors (Lipinski definition) is 1. The van der Waals surface area contributed by atoms with E-state index in [1.807, 2.05) is 6.07 Å². The molecule has 0 radical (unpaired) electrons. The van der Waals surface area contributed by atoms with Gasteiger partial charge in [-0.25, -0.2) is 13.8 Å². The topological polar surface area (TPSA) is 48.1 Å². The van der Waals surface area contributed by atoms with Gasteiger partial charge in [-0.1, -0.05) is 18.2 Å². The number of rotatable bonds is 5. The van der Waals surface area contributed by atoms with Crippen LogP contribution in [0.1, 0.15) is 11.1 Å². The van der Waals surface area contributed by atoms with Crippen LogP contribution in [0.25, 0.3) is 0 Å². The zero-order valence-corrected chi connectivity index (χ0v) is 11.1. The van der Waals surface area contributed by atoms with Gasteiger partial charge in [-0.2, -0.15) is 0 Å². The smallest absolute Gasteiger partial charge is 0.212 e. The molecule has 1 unspecified atom stereocenters. The Hall–Kier alpha value is -2.01. The van der Waals surface area contributed by atoms with Crippen LogP contribution in [-0.2, 0) is 12.8 Å². The van der Waals surface area contributed by atoms with E-state index in [9.17, 15) is 8.78 Å². The second kappa shape index (κ2) is 6.43. The molecule has 5 heteroatoms. The zero-order valence-electron chi connectivity index (χ0n) is 11.1. The average molecular weight is 278 g/mol. The number of halogens is 2. The Kier molecular flexibility index (Phi) is 4.63. The van der Waals surface area contributed by atoms with Crippen LogP contribution in [0.4, 0.5) is 8.78 Å². The Balaban J connectivity index is 2.01. The molecule has 0 aliphatic carbocycles. The molecule has 2 rings (SSSR count). The lowest BCUT2D eigenvalue weighted by Crippen LogP contribution is -2.26.